The van der Waals surface area contributed by atoms with Gasteiger partial charge in [0.1, 0.15) is 11.8 Å². The Morgan fingerprint density at radius 3 is 2.71 bits per heavy atom. The molecule has 0 aliphatic carbocycles. The average molecular weight is 315 g/mol. The molecule has 8 nitrogen and oxygen atoms in total. The molecule has 1 unspecified atom stereocenters. The Morgan fingerprint density at radius 2 is 2.19 bits per heavy atom. The summed E-state index contributed by atoms with van der Waals surface area (Å²) in [6, 6.07) is 0.663. The first-order valence-corrected chi connectivity index (χ1v) is 7.34. The molecule has 2 amide bonds. The van der Waals surface area contributed by atoms with Gasteiger partial charge in [-0.15, -0.1) is 0 Å². The average Bonchev–Trinajstić information content (AvgIpc) is 2.77. The summed E-state index contributed by atoms with van der Waals surface area (Å²) in [5, 5.41) is 17.4. The number of aromatic nitrogens is 1. The predicted molar refractivity (Wildman–Crippen MR) is 77.1 cm³/mol. The highest BCUT2D eigenvalue weighted by Crippen LogP contribution is 2.09. The Hall–Kier alpha value is -2.03. The van der Waals surface area contributed by atoms with E-state index in [1.807, 2.05) is 0 Å². The van der Waals surface area contributed by atoms with Crippen molar-refractivity contribution in [1.29, 1.82) is 0 Å². The first kappa shape index (κ1) is 17.0. The number of nitrogens with one attached hydrogen (secondary N) is 2. The lowest BCUT2D eigenvalue weighted by Crippen LogP contribution is -2.40. The minimum absolute atomic E-state index is 0.165. The van der Waals surface area contributed by atoms with E-state index in [2.05, 4.69) is 15.8 Å². The van der Waals surface area contributed by atoms with Crippen molar-refractivity contribution < 1.29 is 24.0 Å². The summed E-state index contributed by atoms with van der Waals surface area (Å²) < 4.78 is 4.81. The van der Waals surface area contributed by atoms with E-state index >= 15 is 0 Å². The van der Waals surface area contributed by atoms with Crippen LogP contribution in [-0.2, 0) is 14.4 Å². The molecule has 21 heavy (non-hydrogen) atoms. The van der Waals surface area contributed by atoms with Gasteiger partial charge < -0.3 is 20.3 Å². The molecule has 0 saturated carbocycles. The maximum Gasteiger partial charge on any atom is 0.326 e. The van der Waals surface area contributed by atoms with E-state index in [1.165, 1.54) is 18.7 Å². The third-order valence-corrected chi connectivity index (χ3v) is 3.35. The van der Waals surface area contributed by atoms with Crippen LogP contribution in [0.5, 0.6) is 0 Å². The van der Waals surface area contributed by atoms with Crippen molar-refractivity contribution in [3.63, 3.8) is 0 Å². The highest BCUT2D eigenvalue weighted by atomic mass is 32.2. The summed E-state index contributed by atoms with van der Waals surface area (Å²) in [6.07, 6.45) is 0.246. The van der Waals surface area contributed by atoms with Gasteiger partial charge in [-0.3, -0.25) is 9.59 Å². The van der Waals surface area contributed by atoms with Gasteiger partial charge in [-0.05, 0) is 19.1 Å². The smallest absolute Gasteiger partial charge is 0.326 e. The van der Waals surface area contributed by atoms with Gasteiger partial charge in [0, 0.05) is 13.0 Å². The summed E-state index contributed by atoms with van der Waals surface area (Å²) in [6.45, 7) is 2.97. The Labute approximate surface area is 125 Å². The Balaban J connectivity index is 2.24. The van der Waals surface area contributed by atoms with E-state index < -0.39 is 17.9 Å². The number of hydrogen-bond donors (Lipinski definition) is 3. The van der Waals surface area contributed by atoms with Crippen LogP contribution in [0.15, 0.2) is 10.6 Å². The number of anilines is 1. The third kappa shape index (κ3) is 6.80. The topological polar surface area (TPSA) is 122 Å². The zero-order chi connectivity index (χ0) is 15.8. The van der Waals surface area contributed by atoms with Crippen molar-refractivity contribution in [2.24, 2.45) is 0 Å². The number of aliphatic carboxylic acids is 1. The molecule has 0 saturated heterocycles. The van der Waals surface area contributed by atoms with Crippen molar-refractivity contribution in [2.75, 3.05) is 16.8 Å². The molecule has 1 aromatic heterocycles. The first-order chi connectivity index (χ1) is 9.88. The fourth-order valence-corrected chi connectivity index (χ4v) is 2.28. The lowest BCUT2D eigenvalue weighted by Gasteiger charge is -2.12. The summed E-state index contributed by atoms with van der Waals surface area (Å²) in [4.78, 5) is 33.3. The number of carbonyl (C=O) groups excluding carboxylic acids is 2. The highest BCUT2D eigenvalue weighted by Gasteiger charge is 2.17. The maximum absolute atomic E-state index is 11.6. The number of carboxylic acids is 1. The molecule has 0 aromatic carbocycles. The number of nitrogens with zero attached hydrogens (tertiary/aromatic N) is 1. The minimum atomic E-state index is -1.09. The largest absolute Gasteiger partial charge is 0.480 e. The van der Waals surface area contributed by atoms with Gasteiger partial charge in [-0.1, -0.05) is 5.16 Å². The third-order valence-electron chi connectivity index (χ3n) is 2.36. The SMILES string of the molecule is CC(=O)NC(CCSCC(=O)Nc1cc(C)on1)C(=O)O. The van der Waals surface area contributed by atoms with E-state index in [4.69, 9.17) is 9.63 Å². The normalized spacial score (nSPS) is 11.7. The van der Waals surface area contributed by atoms with E-state index in [0.717, 1.165) is 0 Å². The van der Waals surface area contributed by atoms with Crippen LogP contribution in [0.2, 0.25) is 0 Å². The molecule has 9 heteroatoms. The number of aryl methyl sites for hydroxylation is 1. The summed E-state index contributed by atoms with van der Waals surface area (Å²) in [7, 11) is 0. The summed E-state index contributed by atoms with van der Waals surface area (Å²) >= 11 is 1.28. The number of thioether (sulfide) groups is 1. The summed E-state index contributed by atoms with van der Waals surface area (Å²) in [5.41, 5.74) is 0. The van der Waals surface area contributed by atoms with Crippen LogP contribution in [0.1, 0.15) is 19.1 Å². The molecule has 0 spiro atoms. The second kappa shape index (κ2) is 8.30. The number of carbonyl (C=O) groups is 3. The Morgan fingerprint density at radius 1 is 1.48 bits per heavy atom. The molecule has 0 radical (unpaired) electrons. The maximum atomic E-state index is 11.6. The monoisotopic (exact) mass is 315 g/mol. The van der Waals surface area contributed by atoms with Crippen molar-refractivity contribution in [2.45, 2.75) is 26.3 Å². The molecule has 1 heterocycles. The van der Waals surface area contributed by atoms with Gasteiger partial charge in [-0.25, -0.2) is 4.79 Å². The van der Waals surface area contributed by atoms with E-state index in [0.29, 0.717) is 17.3 Å². The van der Waals surface area contributed by atoms with Gasteiger partial charge >= 0.3 is 5.97 Å². The highest BCUT2D eigenvalue weighted by molar-refractivity contribution is 7.99. The molecular weight excluding hydrogens is 298 g/mol. The van der Waals surface area contributed by atoms with Crippen LogP contribution in [-0.4, -0.2) is 45.6 Å². The molecule has 116 valence electrons. The van der Waals surface area contributed by atoms with E-state index in [-0.39, 0.29) is 18.1 Å². The quantitative estimate of drug-likeness (QED) is 0.602. The van der Waals surface area contributed by atoms with Crippen molar-refractivity contribution in [3.8, 4) is 0 Å². The van der Waals surface area contributed by atoms with Crippen LogP contribution >= 0.6 is 11.8 Å². The first-order valence-electron chi connectivity index (χ1n) is 6.19. The van der Waals surface area contributed by atoms with Crippen LogP contribution in [0.3, 0.4) is 0 Å². The van der Waals surface area contributed by atoms with Crippen LogP contribution in [0, 0.1) is 6.92 Å². The Bertz CT molecular complexity index is 517. The fourth-order valence-electron chi connectivity index (χ4n) is 1.47. The lowest BCUT2D eigenvalue weighted by molar-refractivity contribution is -0.141. The molecule has 1 rings (SSSR count). The van der Waals surface area contributed by atoms with Gasteiger partial charge in [-0.2, -0.15) is 11.8 Å². The zero-order valence-corrected chi connectivity index (χ0v) is 12.5. The van der Waals surface area contributed by atoms with E-state index in [9.17, 15) is 14.4 Å². The number of amides is 2. The van der Waals surface area contributed by atoms with Crippen LogP contribution < -0.4 is 10.6 Å². The molecule has 0 bridgehead atoms. The summed E-state index contributed by atoms with van der Waals surface area (Å²) in [5.74, 6) is -0.197. The van der Waals surface area contributed by atoms with Gasteiger partial charge in [0.2, 0.25) is 11.8 Å². The zero-order valence-electron chi connectivity index (χ0n) is 11.7. The molecular formula is C12H17N3O5S. The molecule has 0 aliphatic rings. The number of hydrogen-bond acceptors (Lipinski definition) is 6. The van der Waals surface area contributed by atoms with Gasteiger partial charge in [0.25, 0.3) is 0 Å². The second-order valence-electron chi connectivity index (χ2n) is 4.30. The molecule has 1 atom stereocenters. The van der Waals surface area contributed by atoms with Crippen molar-refractivity contribution >= 4 is 35.4 Å². The Kier molecular flexibility index (Phi) is 6.73. The van der Waals surface area contributed by atoms with E-state index in [1.54, 1.807) is 13.0 Å². The predicted octanol–water partition coefficient (Wildman–Crippen LogP) is 0.634. The molecule has 0 fully saturated rings. The number of rotatable bonds is 8. The standard InChI is InChI=1S/C12H17N3O5S/c1-7-5-10(15-20-7)14-11(17)6-21-4-3-9(12(18)19)13-8(2)16/h5,9H,3-4,6H2,1-2H3,(H,13,16)(H,18,19)(H,14,15,17). The molecule has 1 aromatic rings. The number of carboxylic acid groups (broad SMARTS) is 1. The van der Waals surface area contributed by atoms with Crippen LogP contribution in [0.4, 0.5) is 5.82 Å². The van der Waals surface area contributed by atoms with Crippen molar-refractivity contribution in [1.82, 2.24) is 10.5 Å². The van der Waals surface area contributed by atoms with Crippen molar-refractivity contribution in [3.05, 3.63) is 11.8 Å². The van der Waals surface area contributed by atoms with Crippen LogP contribution in [0.25, 0.3) is 0 Å². The molecule has 0 aliphatic heterocycles. The second-order valence-corrected chi connectivity index (χ2v) is 5.41. The van der Waals surface area contributed by atoms with Gasteiger partial charge in [0.15, 0.2) is 5.82 Å². The van der Waals surface area contributed by atoms with Gasteiger partial charge in [0.05, 0.1) is 5.75 Å². The molecule has 3 N–H and O–H groups in total. The lowest BCUT2D eigenvalue weighted by atomic mass is 10.2. The minimum Gasteiger partial charge on any atom is -0.480 e. The fraction of sp³-hybridized carbons (Fsp3) is 0.500.